The van der Waals surface area contributed by atoms with E-state index in [0.29, 0.717) is 11.2 Å². The van der Waals surface area contributed by atoms with Crippen molar-refractivity contribution < 1.29 is 0 Å². The fraction of sp³-hybridized carbons (Fsp3) is 0.727. The molecule has 90 valence electrons. The minimum absolute atomic E-state index is 0.617. The number of halogens is 1. The largest absolute Gasteiger partial charge is 0.346 e. The molecule has 0 saturated carbocycles. The van der Waals surface area contributed by atoms with E-state index in [4.69, 9.17) is 11.6 Å². The van der Waals surface area contributed by atoms with Gasteiger partial charge >= 0.3 is 0 Å². The maximum atomic E-state index is 5.85. The van der Waals surface area contributed by atoms with E-state index < -0.39 is 0 Å². The van der Waals surface area contributed by atoms with Gasteiger partial charge in [0, 0.05) is 24.5 Å². The van der Waals surface area contributed by atoms with Gasteiger partial charge in [-0.3, -0.25) is 4.90 Å². The lowest BCUT2D eigenvalue weighted by molar-refractivity contribution is 0.232. The van der Waals surface area contributed by atoms with Crippen molar-refractivity contribution in [3.63, 3.8) is 0 Å². The topological polar surface area (TPSA) is 19.4 Å². The van der Waals surface area contributed by atoms with Crippen LogP contribution >= 0.6 is 22.9 Å². The van der Waals surface area contributed by atoms with Crippen LogP contribution in [0.4, 0.5) is 5.13 Å². The van der Waals surface area contributed by atoms with Gasteiger partial charge in [-0.1, -0.05) is 25.4 Å². The summed E-state index contributed by atoms with van der Waals surface area (Å²) in [6, 6.07) is 0.678. The van der Waals surface area contributed by atoms with E-state index >= 15 is 0 Å². The first-order valence-corrected chi connectivity index (χ1v) is 7.10. The molecule has 0 N–H and O–H groups in total. The molecule has 1 aliphatic heterocycles. The number of thiazole rings is 1. The highest BCUT2D eigenvalue weighted by atomic mass is 35.5. The highest BCUT2D eigenvalue weighted by Gasteiger charge is 2.27. The Labute approximate surface area is 106 Å². The van der Waals surface area contributed by atoms with Gasteiger partial charge in [-0.15, -0.1) is 11.3 Å². The quantitative estimate of drug-likeness (QED) is 0.829. The van der Waals surface area contributed by atoms with Crippen LogP contribution < -0.4 is 4.90 Å². The Morgan fingerprint density at radius 2 is 2.31 bits per heavy atom. The second-order valence-corrected chi connectivity index (χ2v) is 5.29. The van der Waals surface area contributed by atoms with Crippen molar-refractivity contribution in [3.8, 4) is 0 Å². The summed E-state index contributed by atoms with van der Waals surface area (Å²) in [4.78, 5) is 9.20. The third-order valence-electron chi connectivity index (χ3n) is 3.23. The molecule has 0 spiro atoms. The molecule has 1 saturated heterocycles. The monoisotopic (exact) mass is 259 g/mol. The summed E-state index contributed by atoms with van der Waals surface area (Å²) in [6.45, 7) is 8.91. The van der Waals surface area contributed by atoms with Crippen molar-refractivity contribution >= 4 is 28.1 Å². The molecule has 2 rings (SSSR count). The van der Waals surface area contributed by atoms with Crippen molar-refractivity contribution in [2.45, 2.75) is 26.3 Å². The number of anilines is 1. The van der Waals surface area contributed by atoms with E-state index in [2.05, 4.69) is 28.6 Å². The number of hydrogen-bond acceptors (Lipinski definition) is 4. The van der Waals surface area contributed by atoms with Gasteiger partial charge in [0.05, 0.1) is 0 Å². The van der Waals surface area contributed by atoms with Gasteiger partial charge in [-0.05, 0) is 19.5 Å². The van der Waals surface area contributed by atoms with Gasteiger partial charge in [0.2, 0.25) is 0 Å². The predicted molar refractivity (Wildman–Crippen MR) is 70.7 cm³/mol. The molecule has 1 aromatic heterocycles. The fourth-order valence-electron chi connectivity index (χ4n) is 2.34. The number of rotatable bonds is 4. The van der Waals surface area contributed by atoms with E-state index in [9.17, 15) is 0 Å². The summed E-state index contributed by atoms with van der Waals surface area (Å²) in [6.07, 6.45) is 1.23. The molecule has 1 aliphatic rings. The summed E-state index contributed by atoms with van der Waals surface area (Å²) in [7, 11) is 0. The van der Waals surface area contributed by atoms with Crippen molar-refractivity contribution in [1.82, 2.24) is 9.88 Å². The molecule has 0 aliphatic carbocycles. The first-order chi connectivity index (χ1) is 7.74. The van der Waals surface area contributed by atoms with Gasteiger partial charge in [-0.25, -0.2) is 4.98 Å². The standard InChI is InChI=1S/C11H18ClN3S/c1-3-14(4-2)9-5-6-15(7-9)11-13-10(12)8-16-11/h8-9H,3-7H2,1-2H3. The lowest BCUT2D eigenvalue weighted by Gasteiger charge is -2.25. The summed E-state index contributed by atoms with van der Waals surface area (Å²) in [5, 5.41) is 3.59. The van der Waals surface area contributed by atoms with E-state index in [1.54, 1.807) is 11.3 Å². The number of likely N-dealkylation sites (N-methyl/N-ethyl adjacent to an activating group) is 1. The Morgan fingerprint density at radius 1 is 1.56 bits per heavy atom. The normalized spacial score (nSPS) is 21.0. The third-order valence-corrected chi connectivity index (χ3v) is 4.45. The van der Waals surface area contributed by atoms with Crippen LogP contribution in [0.2, 0.25) is 5.15 Å². The maximum Gasteiger partial charge on any atom is 0.186 e. The minimum atomic E-state index is 0.617. The number of aromatic nitrogens is 1. The molecule has 0 radical (unpaired) electrons. The van der Waals surface area contributed by atoms with Crippen molar-refractivity contribution in [1.29, 1.82) is 0 Å². The maximum absolute atomic E-state index is 5.85. The van der Waals surface area contributed by atoms with Crippen LogP contribution in [-0.4, -0.2) is 42.1 Å². The molecule has 2 heterocycles. The van der Waals surface area contributed by atoms with Gasteiger partial charge < -0.3 is 4.90 Å². The molecule has 1 atom stereocenters. The summed E-state index contributed by atoms with van der Waals surface area (Å²) in [5.74, 6) is 0. The van der Waals surface area contributed by atoms with E-state index in [1.807, 2.05) is 5.38 Å². The van der Waals surface area contributed by atoms with Crippen LogP contribution in [0, 0.1) is 0 Å². The van der Waals surface area contributed by atoms with Crippen molar-refractivity contribution in [3.05, 3.63) is 10.5 Å². The summed E-state index contributed by atoms with van der Waals surface area (Å²) < 4.78 is 0. The van der Waals surface area contributed by atoms with E-state index in [-0.39, 0.29) is 0 Å². The number of hydrogen-bond donors (Lipinski definition) is 0. The lowest BCUT2D eigenvalue weighted by Crippen LogP contribution is -2.37. The van der Waals surface area contributed by atoms with E-state index in [0.717, 1.165) is 31.3 Å². The van der Waals surface area contributed by atoms with Crippen LogP contribution in [0.25, 0.3) is 0 Å². The van der Waals surface area contributed by atoms with Gasteiger partial charge in [0.15, 0.2) is 5.13 Å². The van der Waals surface area contributed by atoms with Crippen molar-refractivity contribution in [2.24, 2.45) is 0 Å². The van der Waals surface area contributed by atoms with Crippen LogP contribution in [0.1, 0.15) is 20.3 Å². The Balaban J connectivity index is 1.97. The van der Waals surface area contributed by atoms with Crippen LogP contribution in [-0.2, 0) is 0 Å². The van der Waals surface area contributed by atoms with E-state index in [1.165, 1.54) is 6.42 Å². The first-order valence-electron chi connectivity index (χ1n) is 5.84. The Bertz CT molecular complexity index is 338. The summed E-state index contributed by atoms with van der Waals surface area (Å²) in [5.41, 5.74) is 0. The predicted octanol–water partition coefficient (Wildman–Crippen LogP) is 2.72. The first kappa shape index (κ1) is 12.1. The van der Waals surface area contributed by atoms with Gasteiger partial charge in [0.1, 0.15) is 5.15 Å². The SMILES string of the molecule is CCN(CC)C1CCN(c2nc(Cl)cs2)C1. The molecule has 16 heavy (non-hydrogen) atoms. The molecule has 1 aromatic rings. The highest BCUT2D eigenvalue weighted by molar-refractivity contribution is 7.14. The van der Waals surface area contributed by atoms with Gasteiger partial charge in [-0.2, -0.15) is 0 Å². The second-order valence-electron chi connectivity index (χ2n) is 4.06. The molecule has 5 heteroatoms. The Hall–Kier alpha value is -0.320. The third kappa shape index (κ3) is 2.50. The van der Waals surface area contributed by atoms with Crippen LogP contribution in [0.15, 0.2) is 5.38 Å². The molecular formula is C11H18ClN3S. The Morgan fingerprint density at radius 3 is 2.88 bits per heavy atom. The molecular weight excluding hydrogens is 242 g/mol. The molecule has 0 amide bonds. The number of nitrogens with zero attached hydrogens (tertiary/aromatic N) is 3. The fourth-order valence-corrected chi connectivity index (χ4v) is 3.33. The van der Waals surface area contributed by atoms with Crippen molar-refractivity contribution in [2.75, 3.05) is 31.1 Å². The van der Waals surface area contributed by atoms with Crippen LogP contribution in [0.3, 0.4) is 0 Å². The van der Waals surface area contributed by atoms with Gasteiger partial charge in [0.25, 0.3) is 0 Å². The molecule has 0 aromatic carbocycles. The highest BCUT2D eigenvalue weighted by Crippen LogP contribution is 2.27. The lowest BCUT2D eigenvalue weighted by atomic mass is 10.2. The Kier molecular flexibility index (Phi) is 4.05. The second kappa shape index (κ2) is 5.34. The molecule has 0 bridgehead atoms. The average molecular weight is 260 g/mol. The molecule has 1 unspecified atom stereocenters. The molecule has 3 nitrogen and oxygen atoms in total. The zero-order valence-corrected chi connectivity index (χ0v) is 11.4. The summed E-state index contributed by atoms with van der Waals surface area (Å²) >= 11 is 7.49. The smallest absolute Gasteiger partial charge is 0.186 e. The average Bonchev–Trinajstić information content (AvgIpc) is 2.89. The minimum Gasteiger partial charge on any atom is -0.346 e. The zero-order valence-electron chi connectivity index (χ0n) is 9.82. The van der Waals surface area contributed by atoms with Crippen LogP contribution in [0.5, 0.6) is 0 Å². The zero-order chi connectivity index (χ0) is 11.5. The molecule has 1 fully saturated rings.